The summed E-state index contributed by atoms with van der Waals surface area (Å²) in [5, 5.41) is 9.77. The summed E-state index contributed by atoms with van der Waals surface area (Å²) in [5.74, 6) is 0.141. The van der Waals surface area contributed by atoms with Gasteiger partial charge in [-0.3, -0.25) is 4.79 Å². The topological polar surface area (TPSA) is 59.0 Å². The summed E-state index contributed by atoms with van der Waals surface area (Å²) in [6, 6.07) is 4.77. The van der Waals surface area contributed by atoms with Gasteiger partial charge in [-0.1, -0.05) is 23.2 Å². The number of methoxy groups -OCH3 is 1. The minimum atomic E-state index is -0.248. The van der Waals surface area contributed by atoms with Crippen LogP contribution in [0.3, 0.4) is 0 Å². The van der Waals surface area contributed by atoms with E-state index in [1.165, 1.54) is 4.90 Å². The van der Waals surface area contributed by atoms with Crippen LogP contribution in [0.25, 0.3) is 0 Å². The Hall–Kier alpha value is -1.01. The third-order valence-electron chi connectivity index (χ3n) is 2.53. The van der Waals surface area contributed by atoms with Gasteiger partial charge in [-0.05, 0) is 18.2 Å². The highest BCUT2D eigenvalue weighted by Crippen LogP contribution is 2.27. The highest BCUT2D eigenvalue weighted by molar-refractivity contribution is 6.35. The zero-order valence-electron chi connectivity index (χ0n) is 11.1. The summed E-state index contributed by atoms with van der Waals surface area (Å²) in [5.41, 5.74) is 0. The largest absolute Gasteiger partial charge is 0.482 e. The van der Waals surface area contributed by atoms with Gasteiger partial charge in [0.25, 0.3) is 5.91 Å². The number of ether oxygens (including phenoxy) is 2. The second-order valence-electron chi connectivity index (χ2n) is 3.96. The van der Waals surface area contributed by atoms with Crippen molar-refractivity contribution in [3.05, 3.63) is 28.2 Å². The van der Waals surface area contributed by atoms with E-state index >= 15 is 0 Å². The summed E-state index contributed by atoms with van der Waals surface area (Å²) in [6.07, 6.45) is 0. The van der Waals surface area contributed by atoms with E-state index in [0.29, 0.717) is 28.9 Å². The van der Waals surface area contributed by atoms with Crippen molar-refractivity contribution >= 4 is 29.1 Å². The fourth-order valence-electron chi connectivity index (χ4n) is 1.51. The summed E-state index contributed by atoms with van der Waals surface area (Å²) in [4.78, 5) is 13.4. The Morgan fingerprint density at radius 3 is 2.70 bits per heavy atom. The van der Waals surface area contributed by atoms with Crippen molar-refractivity contribution in [2.45, 2.75) is 0 Å². The van der Waals surface area contributed by atoms with Crippen molar-refractivity contribution in [2.24, 2.45) is 0 Å². The number of nitrogens with zero attached hydrogens (tertiary/aromatic N) is 1. The Balaban J connectivity index is 2.55. The molecule has 0 atom stereocenters. The minimum Gasteiger partial charge on any atom is -0.482 e. The number of hydrogen-bond acceptors (Lipinski definition) is 4. The van der Waals surface area contributed by atoms with Gasteiger partial charge in [0.2, 0.25) is 0 Å². The Morgan fingerprint density at radius 2 is 2.10 bits per heavy atom. The number of carbonyl (C=O) groups is 1. The first-order valence-corrected chi connectivity index (χ1v) is 6.79. The van der Waals surface area contributed by atoms with Crippen LogP contribution in [0.1, 0.15) is 0 Å². The number of halogens is 2. The molecule has 1 amide bonds. The van der Waals surface area contributed by atoms with E-state index in [1.807, 2.05) is 0 Å². The van der Waals surface area contributed by atoms with Crippen molar-refractivity contribution in [1.82, 2.24) is 4.90 Å². The molecule has 0 bridgehead atoms. The van der Waals surface area contributed by atoms with Gasteiger partial charge in [0.05, 0.1) is 18.2 Å². The summed E-state index contributed by atoms with van der Waals surface area (Å²) < 4.78 is 10.3. The molecule has 0 aliphatic rings. The number of hydrogen-bond donors (Lipinski definition) is 1. The Bertz CT molecular complexity index is 442. The highest BCUT2D eigenvalue weighted by atomic mass is 35.5. The molecule has 1 rings (SSSR count). The standard InChI is InChI=1S/C13H17Cl2NO4/c1-19-7-5-16(4-6-17)13(18)9-20-12-3-2-10(14)8-11(12)15/h2-3,8,17H,4-7,9H2,1H3. The molecule has 1 N–H and O–H groups in total. The molecule has 0 aliphatic heterocycles. The van der Waals surface area contributed by atoms with Crippen molar-refractivity contribution in [2.75, 3.05) is 40.0 Å². The van der Waals surface area contributed by atoms with Crippen LogP contribution in [-0.2, 0) is 9.53 Å². The van der Waals surface area contributed by atoms with E-state index in [2.05, 4.69) is 0 Å². The average molecular weight is 322 g/mol. The molecule has 0 saturated heterocycles. The van der Waals surface area contributed by atoms with Crippen molar-refractivity contribution in [3.63, 3.8) is 0 Å². The van der Waals surface area contributed by atoms with Gasteiger partial charge in [-0.15, -0.1) is 0 Å². The van der Waals surface area contributed by atoms with Crippen LogP contribution < -0.4 is 4.74 Å². The SMILES string of the molecule is COCCN(CCO)C(=O)COc1ccc(Cl)cc1Cl. The normalized spacial score (nSPS) is 10.4. The average Bonchev–Trinajstić information content (AvgIpc) is 2.42. The van der Waals surface area contributed by atoms with Gasteiger partial charge >= 0.3 is 0 Å². The second kappa shape index (κ2) is 9.02. The Morgan fingerprint density at radius 1 is 1.35 bits per heavy atom. The lowest BCUT2D eigenvalue weighted by Crippen LogP contribution is -2.39. The summed E-state index contributed by atoms with van der Waals surface area (Å²) in [7, 11) is 1.55. The van der Waals surface area contributed by atoms with Gasteiger partial charge in [-0.2, -0.15) is 0 Å². The maximum absolute atomic E-state index is 12.0. The van der Waals surface area contributed by atoms with Crippen molar-refractivity contribution < 1.29 is 19.4 Å². The molecule has 0 radical (unpaired) electrons. The molecule has 7 heteroatoms. The first-order valence-electron chi connectivity index (χ1n) is 6.04. The van der Waals surface area contributed by atoms with Crippen LogP contribution in [-0.4, -0.2) is 55.9 Å². The Kier molecular flexibility index (Phi) is 7.69. The predicted octanol–water partition coefficient (Wildman–Crippen LogP) is 1.84. The number of amides is 1. The second-order valence-corrected chi connectivity index (χ2v) is 4.80. The zero-order chi connectivity index (χ0) is 15.0. The van der Waals surface area contributed by atoms with E-state index in [1.54, 1.807) is 25.3 Å². The quantitative estimate of drug-likeness (QED) is 0.793. The van der Waals surface area contributed by atoms with Gasteiger partial charge in [0, 0.05) is 25.2 Å². The van der Waals surface area contributed by atoms with Crippen LogP contribution in [0.15, 0.2) is 18.2 Å². The molecule has 0 aliphatic carbocycles. The molecule has 1 aromatic carbocycles. The molecule has 0 unspecified atom stereocenters. The van der Waals surface area contributed by atoms with Crippen LogP contribution in [0, 0.1) is 0 Å². The van der Waals surface area contributed by atoms with E-state index in [-0.39, 0.29) is 25.7 Å². The molecule has 0 heterocycles. The van der Waals surface area contributed by atoms with E-state index in [9.17, 15) is 4.79 Å². The van der Waals surface area contributed by atoms with E-state index in [4.69, 9.17) is 37.8 Å². The summed E-state index contributed by atoms with van der Waals surface area (Å²) >= 11 is 11.7. The maximum Gasteiger partial charge on any atom is 0.260 e. The molecular weight excluding hydrogens is 305 g/mol. The van der Waals surface area contributed by atoms with E-state index in [0.717, 1.165) is 0 Å². The molecule has 0 aromatic heterocycles. The van der Waals surface area contributed by atoms with Crippen LogP contribution in [0.2, 0.25) is 10.0 Å². The van der Waals surface area contributed by atoms with Gasteiger partial charge in [0.15, 0.2) is 6.61 Å². The zero-order valence-corrected chi connectivity index (χ0v) is 12.7. The molecule has 0 spiro atoms. The molecule has 0 fully saturated rings. The van der Waals surface area contributed by atoms with Crippen LogP contribution in [0.4, 0.5) is 0 Å². The number of aliphatic hydroxyl groups is 1. The first kappa shape index (κ1) is 17.0. The monoisotopic (exact) mass is 321 g/mol. The molecule has 1 aromatic rings. The molecule has 0 saturated carbocycles. The first-order chi connectivity index (χ1) is 9.58. The number of carbonyl (C=O) groups excluding carboxylic acids is 1. The number of rotatable bonds is 8. The lowest BCUT2D eigenvalue weighted by atomic mass is 10.3. The lowest BCUT2D eigenvalue weighted by molar-refractivity contribution is -0.134. The molecule has 112 valence electrons. The molecule has 5 nitrogen and oxygen atoms in total. The predicted molar refractivity (Wildman–Crippen MR) is 77.5 cm³/mol. The number of benzene rings is 1. The van der Waals surface area contributed by atoms with Crippen molar-refractivity contribution in [3.8, 4) is 5.75 Å². The fourth-order valence-corrected chi connectivity index (χ4v) is 1.97. The smallest absolute Gasteiger partial charge is 0.260 e. The Labute approximate surface area is 128 Å². The van der Waals surface area contributed by atoms with Crippen LogP contribution >= 0.6 is 23.2 Å². The minimum absolute atomic E-state index is 0.114. The van der Waals surface area contributed by atoms with Crippen molar-refractivity contribution in [1.29, 1.82) is 0 Å². The van der Waals surface area contributed by atoms with Crippen LogP contribution in [0.5, 0.6) is 5.75 Å². The summed E-state index contributed by atoms with van der Waals surface area (Å²) in [6.45, 7) is 0.753. The molecule has 20 heavy (non-hydrogen) atoms. The third kappa shape index (κ3) is 5.54. The lowest BCUT2D eigenvalue weighted by Gasteiger charge is -2.21. The molecular formula is C13H17Cl2NO4. The third-order valence-corrected chi connectivity index (χ3v) is 3.06. The maximum atomic E-state index is 12.0. The highest BCUT2D eigenvalue weighted by Gasteiger charge is 2.14. The van der Waals surface area contributed by atoms with E-state index < -0.39 is 0 Å². The van der Waals surface area contributed by atoms with Gasteiger partial charge in [0.1, 0.15) is 5.75 Å². The van der Waals surface area contributed by atoms with Gasteiger partial charge in [-0.25, -0.2) is 0 Å². The van der Waals surface area contributed by atoms with Gasteiger partial charge < -0.3 is 19.5 Å². The number of aliphatic hydroxyl groups excluding tert-OH is 1. The fraction of sp³-hybridized carbons (Fsp3) is 0.462.